The summed E-state index contributed by atoms with van der Waals surface area (Å²) in [7, 11) is 3.45. The number of fused-ring (bicyclic) bond motifs is 1. The third-order valence-corrected chi connectivity index (χ3v) is 5.21. The maximum atomic E-state index is 12.7. The van der Waals surface area contributed by atoms with Gasteiger partial charge in [0.15, 0.2) is 5.78 Å². The molecule has 1 unspecified atom stereocenters. The zero-order chi connectivity index (χ0) is 22.2. The van der Waals surface area contributed by atoms with Gasteiger partial charge in [-0.1, -0.05) is 48.5 Å². The van der Waals surface area contributed by atoms with Crippen molar-refractivity contribution >= 4 is 22.5 Å². The first-order valence-electron chi connectivity index (χ1n) is 10.5. The molecule has 0 spiro atoms. The van der Waals surface area contributed by atoms with Gasteiger partial charge in [-0.3, -0.25) is 9.59 Å². The summed E-state index contributed by atoms with van der Waals surface area (Å²) in [6.07, 6.45) is 1.27. The van der Waals surface area contributed by atoms with Crippen LogP contribution in [0.1, 0.15) is 35.2 Å². The highest BCUT2D eigenvalue weighted by atomic mass is 16.5. The molecule has 0 radical (unpaired) electrons. The molecule has 0 fully saturated rings. The highest BCUT2D eigenvalue weighted by molar-refractivity contribution is 6.01. The Morgan fingerprint density at radius 1 is 0.968 bits per heavy atom. The van der Waals surface area contributed by atoms with E-state index < -0.39 is 6.10 Å². The first kappa shape index (κ1) is 22.5. The van der Waals surface area contributed by atoms with Crippen molar-refractivity contribution in [2.24, 2.45) is 0 Å². The largest absolute Gasteiger partial charge is 0.491 e. The van der Waals surface area contributed by atoms with E-state index in [1.807, 2.05) is 66.7 Å². The lowest BCUT2D eigenvalue weighted by Crippen LogP contribution is -2.22. The van der Waals surface area contributed by atoms with Crippen molar-refractivity contribution in [3.63, 3.8) is 0 Å². The zero-order valence-electron chi connectivity index (χ0n) is 18.1. The molecule has 5 nitrogen and oxygen atoms in total. The molecule has 5 heteroatoms. The Hall–Kier alpha value is -3.18. The van der Waals surface area contributed by atoms with E-state index in [1.54, 1.807) is 19.0 Å². The van der Waals surface area contributed by atoms with E-state index in [1.165, 1.54) is 0 Å². The van der Waals surface area contributed by atoms with Crippen molar-refractivity contribution in [3.05, 3.63) is 77.9 Å². The number of carbonyl (C=O) groups excluding carboxylic acids is 2. The number of ether oxygens (including phenoxy) is 1. The summed E-state index contributed by atoms with van der Waals surface area (Å²) < 4.78 is 5.75. The van der Waals surface area contributed by atoms with Gasteiger partial charge in [-0.25, -0.2) is 0 Å². The second-order valence-corrected chi connectivity index (χ2v) is 7.95. The van der Waals surface area contributed by atoms with Crippen molar-refractivity contribution in [2.45, 2.75) is 31.8 Å². The number of nitrogens with zero attached hydrogens (tertiary/aromatic N) is 1. The van der Waals surface area contributed by atoms with Crippen LogP contribution in [-0.4, -0.2) is 48.5 Å². The maximum Gasteiger partial charge on any atom is 0.222 e. The molecule has 0 heterocycles. The fourth-order valence-electron chi connectivity index (χ4n) is 3.36. The van der Waals surface area contributed by atoms with Crippen molar-refractivity contribution in [2.75, 3.05) is 20.7 Å². The van der Waals surface area contributed by atoms with Gasteiger partial charge in [0.2, 0.25) is 5.91 Å². The molecule has 0 saturated carbocycles. The number of rotatable bonds is 10. The lowest BCUT2D eigenvalue weighted by molar-refractivity contribution is -0.128. The number of Topliss-reactive ketones (excluding diaryl/α,β-unsaturated/α-hetero) is 1. The molecule has 1 atom stereocenters. The summed E-state index contributed by atoms with van der Waals surface area (Å²) in [4.78, 5) is 25.8. The number of aliphatic hydroxyl groups excluding tert-OH is 1. The van der Waals surface area contributed by atoms with Gasteiger partial charge in [-0.2, -0.15) is 0 Å². The lowest BCUT2D eigenvalue weighted by Gasteiger charge is -2.14. The number of benzene rings is 3. The molecule has 0 aromatic heterocycles. The Kier molecular flexibility index (Phi) is 7.79. The van der Waals surface area contributed by atoms with Crippen molar-refractivity contribution in [3.8, 4) is 5.75 Å². The number of amides is 1. The molecule has 31 heavy (non-hydrogen) atoms. The van der Waals surface area contributed by atoms with Gasteiger partial charge >= 0.3 is 0 Å². The highest BCUT2D eigenvalue weighted by Crippen LogP contribution is 2.23. The molecular formula is C26H29NO4. The predicted molar refractivity (Wildman–Crippen MR) is 122 cm³/mol. The zero-order valence-corrected chi connectivity index (χ0v) is 18.1. The molecular weight excluding hydrogens is 390 g/mol. The van der Waals surface area contributed by atoms with Crippen LogP contribution in [0.5, 0.6) is 5.75 Å². The van der Waals surface area contributed by atoms with Crippen molar-refractivity contribution in [1.82, 2.24) is 4.90 Å². The SMILES string of the molecule is CN(C)C(=O)CCCC(O)COc1ccc2ccc(C(=O)Cc3ccccc3)cc2c1. The molecule has 1 amide bonds. The van der Waals surface area contributed by atoms with Crippen LogP contribution in [0.4, 0.5) is 0 Å². The van der Waals surface area contributed by atoms with Crippen LogP contribution in [0, 0.1) is 0 Å². The molecule has 0 aliphatic heterocycles. The number of hydrogen-bond donors (Lipinski definition) is 1. The third-order valence-electron chi connectivity index (χ3n) is 5.21. The predicted octanol–water partition coefficient (Wildman–Crippen LogP) is 4.26. The molecule has 0 saturated heterocycles. The fourth-order valence-corrected chi connectivity index (χ4v) is 3.36. The summed E-state index contributed by atoms with van der Waals surface area (Å²) >= 11 is 0. The standard InChI is InChI=1S/C26H29NO4/c1-27(2)26(30)10-6-9-23(28)18-31-24-14-13-20-11-12-21(16-22(20)17-24)25(29)15-19-7-4-3-5-8-19/h3-5,7-8,11-14,16-17,23,28H,6,9-10,15,18H2,1-2H3. The molecule has 1 N–H and O–H groups in total. The fraction of sp³-hybridized carbons (Fsp3) is 0.308. The Bertz CT molecular complexity index is 1030. The third kappa shape index (κ3) is 6.66. The monoisotopic (exact) mass is 419 g/mol. The second kappa shape index (κ2) is 10.7. The van der Waals surface area contributed by atoms with Crippen LogP contribution in [0.3, 0.4) is 0 Å². The van der Waals surface area contributed by atoms with Crippen LogP contribution in [0.2, 0.25) is 0 Å². The van der Waals surface area contributed by atoms with E-state index >= 15 is 0 Å². The number of hydrogen-bond acceptors (Lipinski definition) is 4. The van der Waals surface area contributed by atoms with Gasteiger partial charge in [-0.05, 0) is 47.4 Å². The average molecular weight is 420 g/mol. The maximum absolute atomic E-state index is 12.7. The Labute approximate surface area is 183 Å². The second-order valence-electron chi connectivity index (χ2n) is 7.95. The molecule has 0 aliphatic rings. The van der Waals surface area contributed by atoms with E-state index in [4.69, 9.17) is 4.74 Å². The first-order valence-corrected chi connectivity index (χ1v) is 10.5. The summed E-state index contributed by atoms with van der Waals surface area (Å²) in [6.45, 7) is 0.161. The highest BCUT2D eigenvalue weighted by Gasteiger charge is 2.11. The number of carbonyl (C=O) groups is 2. The van der Waals surface area contributed by atoms with E-state index in [0.717, 1.165) is 16.3 Å². The quantitative estimate of drug-likeness (QED) is 0.499. The summed E-state index contributed by atoms with van der Waals surface area (Å²) in [5.41, 5.74) is 1.66. The van der Waals surface area contributed by atoms with Gasteiger partial charge in [0.25, 0.3) is 0 Å². The van der Waals surface area contributed by atoms with Gasteiger partial charge in [0.05, 0.1) is 6.10 Å². The van der Waals surface area contributed by atoms with E-state index in [-0.39, 0.29) is 18.3 Å². The topological polar surface area (TPSA) is 66.8 Å². The first-order chi connectivity index (χ1) is 14.9. The van der Waals surface area contributed by atoms with Crippen LogP contribution in [0.15, 0.2) is 66.7 Å². The Morgan fingerprint density at radius 3 is 2.45 bits per heavy atom. The molecule has 3 rings (SSSR count). The smallest absolute Gasteiger partial charge is 0.222 e. The van der Waals surface area contributed by atoms with Gasteiger partial charge in [0.1, 0.15) is 12.4 Å². The van der Waals surface area contributed by atoms with Gasteiger partial charge in [0, 0.05) is 32.5 Å². The molecule has 3 aromatic carbocycles. The summed E-state index contributed by atoms with van der Waals surface area (Å²) in [6, 6.07) is 21.1. The van der Waals surface area contributed by atoms with E-state index in [2.05, 4.69) is 0 Å². The minimum Gasteiger partial charge on any atom is -0.491 e. The van der Waals surface area contributed by atoms with Crippen molar-refractivity contribution in [1.29, 1.82) is 0 Å². The molecule has 3 aromatic rings. The Morgan fingerprint density at radius 2 is 1.71 bits per heavy atom. The van der Waals surface area contributed by atoms with E-state index in [9.17, 15) is 14.7 Å². The summed E-state index contributed by atoms with van der Waals surface area (Å²) in [5, 5.41) is 12.1. The van der Waals surface area contributed by atoms with E-state index in [0.29, 0.717) is 37.0 Å². The van der Waals surface area contributed by atoms with Gasteiger partial charge < -0.3 is 14.7 Å². The van der Waals surface area contributed by atoms with Gasteiger partial charge in [-0.15, -0.1) is 0 Å². The van der Waals surface area contributed by atoms with Crippen LogP contribution in [0.25, 0.3) is 10.8 Å². The lowest BCUT2D eigenvalue weighted by atomic mass is 10.00. The molecule has 0 bridgehead atoms. The minimum absolute atomic E-state index is 0.0558. The molecule has 0 aliphatic carbocycles. The number of ketones is 1. The van der Waals surface area contributed by atoms with Crippen LogP contribution >= 0.6 is 0 Å². The molecule has 162 valence electrons. The number of aliphatic hydroxyl groups is 1. The summed E-state index contributed by atoms with van der Waals surface area (Å²) in [5.74, 6) is 0.769. The minimum atomic E-state index is -0.635. The van der Waals surface area contributed by atoms with Crippen LogP contribution in [-0.2, 0) is 11.2 Å². The Balaban J connectivity index is 1.58. The van der Waals surface area contributed by atoms with Crippen molar-refractivity contribution < 1.29 is 19.4 Å². The van der Waals surface area contributed by atoms with Crippen LogP contribution < -0.4 is 4.74 Å². The average Bonchev–Trinajstić information content (AvgIpc) is 2.77. The normalized spacial score (nSPS) is 11.8.